The predicted molar refractivity (Wildman–Crippen MR) is 117 cm³/mol. The molecular formula is C25H52. The van der Waals surface area contributed by atoms with Gasteiger partial charge in [-0.3, -0.25) is 0 Å². The van der Waals surface area contributed by atoms with Gasteiger partial charge in [0.25, 0.3) is 0 Å². The summed E-state index contributed by atoms with van der Waals surface area (Å²) in [5.74, 6) is 5.65. The van der Waals surface area contributed by atoms with Crippen LogP contribution in [0, 0.1) is 35.5 Å². The lowest BCUT2D eigenvalue weighted by atomic mass is 9.77. The Labute approximate surface area is 161 Å². The molecule has 25 heavy (non-hydrogen) atoms. The van der Waals surface area contributed by atoms with E-state index in [9.17, 15) is 0 Å². The topological polar surface area (TPSA) is 0 Å². The van der Waals surface area contributed by atoms with Crippen LogP contribution in [-0.4, -0.2) is 0 Å². The summed E-state index contributed by atoms with van der Waals surface area (Å²) in [6, 6.07) is 0. The van der Waals surface area contributed by atoms with Crippen LogP contribution in [0.1, 0.15) is 126 Å². The van der Waals surface area contributed by atoms with Crippen LogP contribution < -0.4 is 0 Å². The summed E-state index contributed by atoms with van der Waals surface area (Å²) in [6.45, 7) is 19.3. The summed E-state index contributed by atoms with van der Waals surface area (Å²) < 4.78 is 0. The molecule has 0 aromatic heterocycles. The minimum absolute atomic E-state index is 0.907. The van der Waals surface area contributed by atoms with Crippen molar-refractivity contribution in [2.45, 2.75) is 126 Å². The van der Waals surface area contributed by atoms with Crippen molar-refractivity contribution in [1.82, 2.24) is 0 Å². The van der Waals surface area contributed by atoms with E-state index in [1.165, 1.54) is 70.6 Å². The summed E-state index contributed by atoms with van der Waals surface area (Å²) in [5, 5.41) is 0. The largest absolute Gasteiger partial charge is 0.0651 e. The molecule has 0 aromatic rings. The molecule has 0 saturated heterocycles. The van der Waals surface area contributed by atoms with Crippen LogP contribution in [0.2, 0.25) is 0 Å². The third kappa shape index (κ3) is 11.3. The Kier molecular flexibility index (Phi) is 15.1. The van der Waals surface area contributed by atoms with E-state index in [1.807, 2.05) is 0 Å². The van der Waals surface area contributed by atoms with Crippen molar-refractivity contribution in [2.24, 2.45) is 35.5 Å². The smallest absolute Gasteiger partial charge is 0.0412 e. The SMILES string of the molecule is CCC(C)CC(CC)CC(CC)CC(CC)CC(CC)CC(C)CC. The van der Waals surface area contributed by atoms with Crippen LogP contribution in [0.4, 0.5) is 0 Å². The minimum Gasteiger partial charge on any atom is -0.0651 e. The van der Waals surface area contributed by atoms with Crippen molar-refractivity contribution in [3.05, 3.63) is 0 Å². The van der Waals surface area contributed by atoms with Gasteiger partial charge >= 0.3 is 0 Å². The molecule has 0 radical (unpaired) electrons. The molecule has 0 heteroatoms. The van der Waals surface area contributed by atoms with E-state index < -0.39 is 0 Å². The highest BCUT2D eigenvalue weighted by atomic mass is 14.3. The zero-order valence-electron chi connectivity index (χ0n) is 19.2. The van der Waals surface area contributed by atoms with Gasteiger partial charge < -0.3 is 0 Å². The fourth-order valence-corrected chi connectivity index (χ4v) is 4.60. The monoisotopic (exact) mass is 352 g/mol. The lowest BCUT2D eigenvalue weighted by molar-refractivity contribution is 0.224. The van der Waals surface area contributed by atoms with Crippen molar-refractivity contribution >= 4 is 0 Å². The molecule has 0 amide bonds. The standard InChI is InChI=1S/C25H52/c1-9-20(7)15-22(11-3)17-24(13-5)19-25(14-6)18-23(12-4)16-21(8)10-2/h20-25H,9-19H2,1-8H3. The molecule has 0 aromatic carbocycles. The maximum atomic E-state index is 2.44. The summed E-state index contributed by atoms with van der Waals surface area (Å²) in [6.07, 6.45) is 15.6. The van der Waals surface area contributed by atoms with Gasteiger partial charge in [0.05, 0.1) is 0 Å². The molecule has 6 unspecified atom stereocenters. The van der Waals surface area contributed by atoms with E-state index >= 15 is 0 Å². The Morgan fingerprint density at radius 2 is 0.600 bits per heavy atom. The van der Waals surface area contributed by atoms with Crippen molar-refractivity contribution in [2.75, 3.05) is 0 Å². The number of rotatable bonds is 16. The third-order valence-electron chi connectivity index (χ3n) is 7.17. The van der Waals surface area contributed by atoms with Gasteiger partial charge in [-0.25, -0.2) is 0 Å². The van der Waals surface area contributed by atoms with Crippen molar-refractivity contribution < 1.29 is 0 Å². The van der Waals surface area contributed by atoms with E-state index in [2.05, 4.69) is 55.4 Å². The van der Waals surface area contributed by atoms with Gasteiger partial charge in [0, 0.05) is 0 Å². The molecule has 0 fully saturated rings. The fraction of sp³-hybridized carbons (Fsp3) is 1.00. The molecule has 0 heterocycles. The van der Waals surface area contributed by atoms with Gasteiger partial charge in [-0.1, -0.05) is 93.9 Å². The second-order valence-corrected chi connectivity index (χ2v) is 9.30. The molecule has 0 aliphatic rings. The van der Waals surface area contributed by atoms with Gasteiger partial charge in [-0.15, -0.1) is 0 Å². The predicted octanol–water partition coefficient (Wildman–Crippen LogP) is 9.13. The summed E-state index contributed by atoms with van der Waals surface area (Å²) >= 11 is 0. The lowest BCUT2D eigenvalue weighted by Crippen LogP contribution is -2.17. The van der Waals surface area contributed by atoms with Crippen LogP contribution >= 0.6 is 0 Å². The maximum Gasteiger partial charge on any atom is -0.0412 e. The lowest BCUT2D eigenvalue weighted by Gasteiger charge is -2.29. The van der Waals surface area contributed by atoms with E-state index in [-0.39, 0.29) is 0 Å². The van der Waals surface area contributed by atoms with Crippen LogP contribution in [-0.2, 0) is 0 Å². The van der Waals surface area contributed by atoms with Crippen LogP contribution in [0.3, 0.4) is 0 Å². The zero-order valence-corrected chi connectivity index (χ0v) is 19.2. The Hall–Kier alpha value is 0. The molecule has 0 rings (SSSR count). The van der Waals surface area contributed by atoms with Gasteiger partial charge in [0.2, 0.25) is 0 Å². The number of hydrogen-bond donors (Lipinski definition) is 0. The van der Waals surface area contributed by atoms with E-state index in [4.69, 9.17) is 0 Å². The quantitative estimate of drug-likeness (QED) is 0.260. The molecule has 0 N–H and O–H groups in total. The Morgan fingerprint density at radius 3 is 0.800 bits per heavy atom. The number of hydrogen-bond acceptors (Lipinski definition) is 0. The Bertz CT molecular complexity index is 254. The first kappa shape index (κ1) is 25.0. The first-order chi connectivity index (χ1) is 11.9. The first-order valence-electron chi connectivity index (χ1n) is 11.9. The summed E-state index contributed by atoms with van der Waals surface area (Å²) in [5.41, 5.74) is 0. The zero-order chi connectivity index (χ0) is 19.2. The molecule has 0 saturated carbocycles. The average molecular weight is 353 g/mol. The molecule has 0 bridgehead atoms. The molecule has 0 aliphatic carbocycles. The molecule has 0 spiro atoms. The molecule has 152 valence electrons. The highest BCUT2D eigenvalue weighted by Crippen LogP contribution is 2.34. The second-order valence-electron chi connectivity index (χ2n) is 9.30. The van der Waals surface area contributed by atoms with E-state index in [0.717, 1.165) is 35.5 Å². The van der Waals surface area contributed by atoms with Crippen LogP contribution in [0.25, 0.3) is 0 Å². The van der Waals surface area contributed by atoms with Crippen LogP contribution in [0.5, 0.6) is 0 Å². The normalized spacial score (nSPS) is 19.2. The van der Waals surface area contributed by atoms with E-state index in [1.54, 1.807) is 0 Å². The average Bonchev–Trinajstić information content (AvgIpc) is 2.64. The summed E-state index contributed by atoms with van der Waals surface area (Å²) in [7, 11) is 0. The van der Waals surface area contributed by atoms with Crippen LogP contribution in [0.15, 0.2) is 0 Å². The van der Waals surface area contributed by atoms with Crippen molar-refractivity contribution in [3.63, 3.8) is 0 Å². The maximum absolute atomic E-state index is 2.44. The second kappa shape index (κ2) is 15.1. The third-order valence-corrected chi connectivity index (χ3v) is 7.17. The first-order valence-corrected chi connectivity index (χ1v) is 11.9. The highest BCUT2D eigenvalue weighted by Gasteiger charge is 2.22. The molecule has 6 atom stereocenters. The molecular weight excluding hydrogens is 300 g/mol. The van der Waals surface area contributed by atoms with E-state index in [0.29, 0.717) is 0 Å². The van der Waals surface area contributed by atoms with Gasteiger partial charge in [-0.05, 0) is 67.6 Å². The summed E-state index contributed by atoms with van der Waals surface area (Å²) in [4.78, 5) is 0. The molecule has 0 aliphatic heterocycles. The minimum atomic E-state index is 0.907. The van der Waals surface area contributed by atoms with Crippen molar-refractivity contribution in [3.8, 4) is 0 Å². The molecule has 0 nitrogen and oxygen atoms in total. The van der Waals surface area contributed by atoms with Crippen molar-refractivity contribution in [1.29, 1.82) is 0 Å². The van der Waals surface area contributed by atoms with Gasteiger partial charge in [0.1, 0.15) is 0 Å². The fourth-order valence-electron chi connectivity index (χ4n) is 4.60. The van der Waals surface area contributed by atoms with Gasteiger partial charge in [0.15, 0.2) is 0 Å². The Morgan fingerprint density at radius 1 is 0.360 bits per heavy atom. The Balaban J connectivity index is 4.60. The van der Waals surface area contributed by atoms with Gasteiger partial charge in [-0.2, -0.15) is 0 Å². The highest BCUT2D eigenvalue weighted by molar-refractivity contribution is 4.73.